The molecule has 3 atom stereocenters. The molecule has 1 N–H and O–H groups in total. The van der Waals surface area contributed by atoms with Gasteiger partial charge in [0.2, 0.25) is 0 Å². The smallest absolute Gasteiger partial charge is 0.338 e. The van der Waals surface area contributed by atoms with Gasteiger partial charge in [-0.15, -0.1) is 11.3 Å². The van der Waals surface area contributed by atoms with Gasteiger partial charge in [-0.25, -0.2) is 23.4 Å². The fourth-order valence-corrected chi connectivity index (χ4v) is 6.37. The summed E-state index contributed by atoms with van der Waals surface area (Å²) in [5.41, 5.74) is 0.739. The highest BCUT2D eigenvalue weighted by Crippen LogP contribution is 2.37. The fraction of sp³-hybridized carbons (Fsp3) is 0.464. The molecule has 3 aliphatic heterocycles. The number of benzene rings is 1. The molecule has 0 aliphatic carbocycles. The highest BCUT2D eigenvalue weighted by molar-refractivity contribution is 7.11. The number of fused-ring (bicyclic) bond motifs is 1. The second-order valence-electron chi connectivity index (χ2n) is 10.5. The average Bonchev–Trinajstić information content (AvgIpc) is 3.63. The Kier molecular flexibility index (Phi) is 8.28. The molecule has 3 unspecified atom stereocenters. The average molecular weight is 603 g/mol. The number of piperazine rings is 1. The molecule has 14 heteroatoms. The minimum atomic E-state index is -1.05. The van der Waals surface area contributed by atoms with E-state index in [0.717, 1.165) is 6.07 Å². The minimum absolute atomic E-state index is 0.00388. The molecule has 0 saturated carbocycles. The van der Waals surface area contributed by atoms with Gasteiger partial charge in [-0.05, 0) is 38.0 Å². The molecular formula is C28H32F2N6O5S. The van der Waals surface area contributed by atoms with E-state index >= 15 is 0 Å². The number of esters is 2. The van der Waals surface area contributed by atoms with Gasteiger partial charge in [-0.1, -0.05) is 6.07 Å². The van der Waals surface area contributed by atoms with Crippen molar-refractivity contribution in [2.75, 3.05) is 40.4 Å². The first kappa shape index (κ1) is 29.6. The molecule has 11 nitrogen and oxygen atoms in total. The maximum Gasteiger partial charge on any atom is 0.338 e. The van der Waals surface area contributed by atoms with E-state index < -0.39 is 41.7 Å². The van der Waals surface area contributed by atoms with E-state index in [1.54, 1.807) is 21.4 Å². The van der Waals surface area contributed by atoms with Crippen LogP contribution >= 0.6 is 11.3 Å². The maximum atomic E-state index is 14.7. The fourth-order valence-electron chi connectivity index (χ4n) is 5.78. The zero-order valence-electron chi connectivity index (χ0n) is 23.9. The Morgan fingerprint density at radius 1 is 1.19 bits per heavy atom. The molecule has 3 aliphatic rings. The monoisotopic (exact) mass is 602 g/mol. The number of methoxy groups -OCH3 is 2. The molecule has 224 valence electrons. The van der Waals surface area contributed by atoms with Gasteiger partial charge in [-0.3, -0.25) is 14.7 Å². The first-order valence-corrected chi connectivity index (χ1v) is 14.3. The summed E-state index contributed by atoms with van der Waals surface area (Å²) in [5, 5.41) is 5.49. The summed E-state index contributed by atoms with van der Waals surface area (Å²) in [6, 6.07) is -0.143. The van der Waals surface area contributed by atoms with Gasteiger partial charge < -0.3 is 24.6 Å². The summed E-state index contributed by atoms with van der Waals surface area (Å²) in [7, 11) is 2.52. The second kappa shape index (κ2) is 11.8. The third-order valence-corrected chi connectivity index (χ3v) is 8.71. The van der Waals surface area contributed by atoms with Crippen LogP contribution in [-0.4, -0.2) is 102 Å². The third kappa shape index (κ3) is 5.13. The van der Waals surface area contributed by atoms with Crippen LogP contribution in [0.1, 0.15) is 36.0 Å². The van der Waals surface area contributed by atoms with Crippen LogP contribution in [0.5, 0.6) is 0 Å². The molecule has 42 heavy (non-hydrogen) atoms. The van der Waals surface area contributed by atoms with Gasteiger partial charge in [0.05, 0.1) is 25.8 Å². The number of urea groups is 1. The lowest BCUT2D eigenvalue weighted by atomic mass is 9.91. The van der Waals surface area contributed by atoms with Crippen molar-refractivity contribution in [1.29, 1.82) is 0 Å². The van der Waals surface area contributed by atoms with Crippen LogP contribution in [0, 0.1) is 18.6 Å². The van der Waals surface area contributed by atoms with E-state index in [4.69, 9.17) is 14.5 Å². The van der Waals surface area contributed by atoms with Crippen LogP contribution in [0.15, 0.2) is 40.0 Å². The van der Waals surface area contributed by atoms with Gasteiger partial charge in [0.15, 0.2) is 22.5 Å². The van der Waals surface area contributed by atoms with Crippen LogP contribution in [0.3, 0.4) is 0 Å². The Balaban J connectivity index is 1.60. The second-order valence-corrected chi connectivity index (χ2v) is 11.4. The number of rotatable bonds is 7. The Morgan fingerprint density at radius 3 is 2.60 bits per heavy atom. The number of ether oxygens (including phenoxy) is 2. The summed E-state index contributed by atoms with van der Waals surface area (Å²) in [5.74, 6) is -2.95. The van der Waals surface area contributed by atoms with Crippen LogP contribution in [0.25, 0.3) is 0 Å². The van der Waals surface area contributed by atoms with E-state index in [1.165, 1.54) is 38.5 Å². The molecular weight excluding hydrogens is 570 g/mol. The van der Waals surface area contributed by atoms with Gasteiger partial charge in [0.25, 0.3) is 0 Å². The number of halogens is 2. The number of aromatic nitrogens is 1. The van der Waals surface area contributed by atoms with Crippen molar-refractivity contribution in [3.8, 4) is 0 Å². The lowest BCUT2D eigenvalue weighted by Gasteiger charge is -2.43. The molecule has 0 spiro atoms. The van der Waals surface area contributed by atoms with Crippen molar-refractivity contribution in [3.05, 3.63) is 62.7 Å². The van der Waals surface area contributed by atoms with Crippen LogP contribution in [0.2, 0.25) is 0 Å². The van der Waals surface area contributed by atoms with Gasteiger partial charge in [0, 0.05) is 49.5 Å². The molecule has 1 aromatic carbocycles. The van der Waals surface area contributed by atoms with Crippen molar-refractivity contribution < 1.29 is 32.6 Å². The zero-order chi connectivity index (χ0) is 30.3. The van der Waals surface area contributed by atoms with Gasteiger partial charge in [-0.2, -0.15) is 0 Å². The molecule has 5 rings (SSSR count). The highest BCUT2D eigenvalue weighted by atomic mass is 32.1. The lowest BCUT2D eigenvalue weighted by molar-refractivity contribution is -0.150. The molecule has 2 saturated heterocycles. The molecule has 1 aromatic heterocycles. The number of hydrogen-bond donors (Lipinski definition) is 1. The van der Waals surface area contributed by atoms with E-state index in [9.17, 15) is 23.2 Å². The number of aliphatic imine (C=N–C) groups is 1. The number of amides is 2. The SMILES string of the molecule is COC(=O)C1=C(CN2CCN3C(=O)N(C(C)C)CC3C2C(=O)OC)NC(c2nccs2)=NC1c1ccc(F)c(F)c1C. The predicted octanol–water partition coefficient (Wildman–Crippen LogP) is 2.62. The number of nitrogens with one attached hydrogen (secondary N) is 1. The summed E-state index contributed by atoms with van der Waals surface area (Å²) < 4.78 is 39.1. The van der Waals surface area contributed by atoms with Crippen LogP contribution in [0.4, 0.5) is 13.6 Å². The molecule has 2 amide bonds. The molecule has 0 radical (unpaired) electrons. The first-order valence-electron chi connectivity index (χ1n) is 13.5. The van der Waals surface area contributed by atoms with Gasteiger partial charge in [0.1, 0.15) is 12.1 Å². The summed E-state index contributed by atoms with van der Waals surface area (Å²) in [4.78, 5) is 54.0. The summed E-state index contributed by atoms with van der Waals surface area (Å²) >= 11 is 1.31. The first-order chi connectivity index (χ1) is 20.1. The Hall–Kier alpha value is -3.91. The number of carbonyl (C=O) groups is 3. The number of hydrogen-bond acceptors (Lipinski definition) is 10. The number of carbonyl (C=O) groups excluding carboxylic acids is 3. The molecule has 4 heterocycles. The normalized spacial score (nSPS) is 22.7. The quantitative estimate of drug-likeness (QED) is 0.481. The molecule has 2 fully saturated rings. The van der Waals surface area contributed by atoms with E-state index in [0.29, 0.717) is 36.2 Å². The standard InChI is InChI=1S/C28H32F2N6O5S/c1-14(2)36-13-19-23(27(38)41-5)34(9-10-35(19)28(36)39)12-18-20(26(37)40-4)22(16-6-7-17(29)21(30)15(16)3)33-24(32-18)25-31-8-11-42-25/h6-8,11,14,19,22-23H,9-10,12-13H2,1-5H3,(H,32,33). The Bertz CT molecular complexity index is 1460. The zero-order valence-corrected chi connectivity index (χ0v) is 24.7. The van der Waals surface area contributed by atoms with Crippen LogP contribution < -0.4 is 5.32 Å². The lowest BCUT2D eigenvalue weighted by Crippen LogP contribution is -2.62. The topological polar surface area (TPSA) is 117 Å². The van der Waals surface area contributed by atoms with Crippen LogP contribution in [-0.2, 0) is 19.1 Å². The number of thiazole rings is 1. The van der Waals surface area contributed by atoms with E-state index in [-0.39, 0.29) is 35.3 Å². The van der Waals surface area contributed by atoms with Crippen molar-refractivity contribution in [2.24, 2.45) is 4.99 Å². The van der Waals surface area contributed by atoms with Gasteiger partial charge >= 0.3 is 18.0 Å². The van der Waals surface area contributed by atoms with Crippen molar-refractivity contribution in [2.45, 2.75) is 44.9 Å². The summed E-state index contributed by atoms with van der Waals surface area (Å²) in [6.07, 6.45) is 1.60. The summed E-state index contributed by atoms with van der Waals surface area (Å²) in [6.45, 7) is 6.32. The molecule has 0 bridgehead atoms. The Labute approximate surface area is 245 Å². The van der Waals surface area contributed by atoms with E-state index in [2.05, 4.69) is 10.3 Å². The highest BCUT2D eigenvalue weighted by Gasteiger charge is 2.50. The van der Waals surface area contributed by atoms with E-state index in [1.807, 2.05) is 18.7 Å². The predicted molar refractivity (Wildman–Crippen MR) is 150 cm³/mol. The number of amidine groups is 1. The minimum Gasteiger partial charge on any atom is -0.468 e. The largest absolute Gasteiger partial charge is 0.468 e. The van der Waals surface area contributed by atoms with Crippen molar-refractivity contribution in [1.82, 2.24) is 25.0 Å². The van der Waals surface area contributed by atoms with Crippen molar-refractivity contribution >= 4 is 35.1 Å². The third-order valence-electron chi connectivity index (χ3n) is 7.93. The maximum absolute atomic E-state index is 14.7. The Morgan fingerprint density at radius 2 is 1.95 bits per heavy atom. The number of nitrogens with zero attached hydrogens (tertiary/aromatic N) is 5. The van der Waals surface area contributed by atoms with Crippen molar-refractivity contribution in [3.63, 3.8) is 0 Å². The molecule has 2 aromatic rings.